The van der Waals surface area contributed by atoms with E-state index in [0.717, 1.165) is 27.3 Å². The fourth-order valence-corrected chi connectivity index (χ4v) is 5.78. The van der Waals surface area contributed by atoms with Gasteiger partial charge in [-0.1, -0.05) is 57.2 Å². The van der Waals surface area contributed by atoms with E-state index >= 15 is 0 Å². The highest BCUT2D eigenvalue weighted by atomic mass is 32.1. The molecule has 0 aliphatic rings. The minimum atomic E-state index is -0.453. The molecule has 0 radical (unpaired) electrons. The van der Waals surface area contributed by atoms with Gasteiger partial charge in [0, 0.05) is 24.5 Å². The van der Waals surface area contributed by atoms with Crippen LogP contribution in [0.3, 0.4) is 0 Å². The number of thiophene rings is 2. The summed E-state index contributed by atoms with van der Waals surface area (Å²) in [6.07, 6.45) is 0. The van der Waals surface area contributed by atoms with Crippen molar-refractivity contribution in [1.82, 2.24) is 16.1 Å². The Hall–Kier alpha value is -4.28. The highest BCUT2D eigenvalue weighted by molar-refractivity contribution is 7.16. The van der Waals surface area contributed by atoms with E-state index in [1.165, 1.54) is 16.9 Å². The quantitative estimate of drug-likeness (QED) is 0.151. The molecule has 2 heterocycles. The molecule has 0 aliphatic heterocycles. The zero-order chi connectivity index (χ0) is 29.7. The monoisotopic (exact) mass is 588 g/mol. The summed E-state index contributed by atoms with van der Waals surface area (Å²) in [5.41, 5.74) is 7.05. The number of rotatable bonds is 8. The summed E-state index contributed by atoms with van der Waals surface area (Å²) in [7, 11) is 1.57. The summed E-state index contributed by atoms with van der Waals surface area (Å²) < 4.78 is 0. The van der Waals surface area contributed by atoms with Gasteiger partial charge in [0.25, 0.3) is 17.7 Å². The van der Waals surface area contributed by atoms with Crippen LogP contribution in [0.2, 0.25) is 0 Å². The summed E-state index contributed by atoms with van der Waals surface area (Å²) in [6, 6.07) is 18.2. The number of hydrazone groups is 1. The summed E-state index contributed by atoms with van der Waals surface area (Å²) in [5, 5.41) is 22.2. The highest BCUT2D eigenvalue weighted by Crippen LogP contribution is 2.39. The van der Waals surface area contributed by atoms with Crippen molar-refractivity contribution >= 4 is 46.1 Å². The van der Waals surface area contributed by atoms with Gasteiger partial charge in [0.1, 0.15) is 5.75 Å². The minimum Gasteiger partial charge on any atom is -0.506 e. The number of hydrogen-bond acceptors (Lipinski definition) is 7. The standard InChI is InChI=1S/C31H32N4O4S2/c1-18(23-17-40-27(26(23)36)20-10-12-22(13-11-20)31(2,3)4)34-35-30(39)25-15-14-24(41-25)29(38)33-16-19-6-8-21(9-7-19)28(37)32-5/h6-15,17,36H,16H2,1-5H3,(H,32,37)(H,33,38)(H,35,39)/b34-18+. The SMILES string of the molecule is CNC(=O)c1ccc(CNC(=O)c2ccc(C(=O)N/N=C(\C)c3csc(-c4ccc(C(C)(C)C)cc4)c3O)s2)cc1. The Morgan fingerprint density at radius 2 is 1.51 bits per heavy atom. The molecule has 41 heavy (non-hydrogen) atoms. The third kappa shape index (κ3) is 7.08. The van der Waals surface area contributed by atoms with Crippen LogP contribution in [0, 0.1) is 0 Å². The summed E-state index contributed by atoms with van der Waals surface area (Å²) >= 11 is 2.46. The maximum atomic E-state index is 12.7. The van der Waals surface area contributed by atoms with Crippen molar-refractivity contribution in [2.24, 2.45) is 5.10 Å². The Morgan fingerprint density at radius 3 is 2.12 bits per heavy atom. The molecule has 4 rings (SSSR count). The number of amides is 3. The van der Waals surface area contributed by atoms with Gasteiger partial charge in [-0.2, -0.15) is 5.10 Å². The van der Waals surface area contributed by atoms with Gasteiger partial charge in [-0.05, 0) is 53.3 Å². The lowest BCUT2D eigenvalue weighted by Crippen LogP contribution is -2.22. The summed E-state index contributed by atoms with van der Waals surface area (Å²) in [4.78, 5) is 38.4. The molecule has 4 aromatic rings. The van der Waals surface area contributed by atoms with Crippen molar-refractivity contribution in [3.63, 3.8) is 0 Å². The van der Waals surface area contributed by atoms with Crippen LogP contribution in [-0.4, -0.2) is 35.6 Å². The Bertz CT molecular complexity index is 1590. The van der Waals surface area contributed by atoms with Gasteiger partial charge < -0.3 is 15.7 Å². The van der Waals surface area contributed by atoms with E-state index in [1.54, 1.807) is 50.4 Å². The molecule has 3 amide bonds. The highest BCUT2D eigenvalue weighted by Gasteiger charge is 2.18. The molecule has 0 atom stereocenters. The van der Waals surface area contributed by atoms with Gasteiger partial charge in [0.05, 0.1) is 25.9 Å². The molecule has 0 spiro atoms. The average Bonchev–Trinajstić information content (AvgIpc) is 3.61. The lowest BCUT2D eigenvalue weighted by atomic mass is 9.86. The molecule has 8 nitrogen and oxygen atoms in total. The fourth-order valence-electron chi connectivity index (χ4n) is 3.95. The van der Waals surface area contributed by atoms with Crippen LogP contribution in [-0.2, 0) is 12.0 Å². The zero-order valence-electron chi connectivity index (χ0n) is 23.5. The number of nitrogens with one attached hydrogen (secondary N) is 3. The average molecular weight is 589 g/mol. The smallest absolute Gasteiger partial charge is 0.281 e. The van der Waals surface area contributed by atoms with Crippen molar-refractivity contribution in [2.75, 3.05) is 7.05 Å². The van der Waals surface area contributed by atoms with Crippen LogP contribution in [0.5, 0.6) is 5.75 Å². The Balaban J connectivity index is 1.35. The largest absolute Gasteiger partial charge is 0.506 e. The van der Waals surface area contributed by atoms with Crippen LogP contribution in [0.15, 0.2) is 71.1 Å². The van der Waals surface area contributed by atoms with E-state index in [-0.39, 0.29) is 29.5 Å². The second kappa shape index (κ2) is 12.5. The van der Waals surface area contributed by atoms with Crippen molar-refractivity contribution in [3.8, 4) is 16.2 Å². The van der Waals surface area contributed by atoms with Gasteiger partial charge in [-0.15, -0.1) is 22.7 Å². The van der Waals surface area contributed by atoms with E-state index < -0.39 is 5.91 Å². The number of carbonyl (C=O) groups is 3. The van der Waals surface area contributed by atoms with Crippen LogP contribution in [0.25, 0.3) is 10.4 Å². The van der Waals surface area contributed by atoms with Gasteiger partial charge in [0.15, 0.2) is 0 Å². The number of nitrogens with zero attached hydrogens (tertiary/aromatic N) is 1. The van der Waals surface area contributed by atoms with E-state index in [1.807, 2.05) is 17.5 Å². The molecule has 2 aromatic carbocycles. The fraction of sp³-hybridized carbons (Fsp3) is 0.226. The minimum absolute atomic E-state index is 0.0400. The van der Waals surface area contributed by atoms with Gasteiger partial charge in [0.2, 0.25) is 0 Å². The number of carbonyl (C=O) groups excluding carboxylic acids is 3. The van der Waals surface area contributed by atoms with Crippen molar-refractivity contribution in [1.29, 1.82) is 0 Å². The number of aromatic hydroxyl groups is 1. The molecular formula is C31H32N4O4S2. The second-order valence-electron chi connectivity index (χ2n) is 10.4. The summed E-state index contributed by atoms with van der Waals surface area (Å²) in [5.74, 6) is -0.822. The third-order valence-electron chi connectivity index (χ3n) is 6.44. The van der Waals surface area contributed by atoms with Crippen LogP contribution < -0.4 is 16.1 Å². The first kappa shape index (κ1) is 29.7. The second-order valence-corrected chi connectivity index (χ2v) is 12.4. The molecule has 0 aliphatic carbocycles. The van der Waals surface area contributed by atoms with Crippen molar-refractivity contribution in [2.45, 2.75) is 39.7 Å². The van der Waals surface area contributed by atoms with Crippen LogP contribution in [0.4, 0.5) is 0 Å². The molecule has 2 aromatic heterocycles. The van der Waals surface area contributed by atoms with E-state index in [0.29, 0.717) is 26.6 Å². The third-order valence-corrected chi connectivity index (χ3v) is 8.54. The molecule has 0 bridgehead atoms. The number of hydrogen-bond donors (Lipinski definition) is 4. The summed E-state index contributed by atoms with van der Waals surface area (Å²) in [6.45, 7) is 8.45. The van der Waals surface area contributed by atoms with Crippen LogP contribution in [0.1, 0.15) is 74.1 Å². The van der Waals surface area contributed by atoms with Crippen LogP contribution >= 0.6 is 22.7 Å². The molecule has 0 saturated carbocycles. The first-order valence-electron chi connectivity index (χ1n) is 12.9. The molecule has 0 unspecified atom stereocenters. The molecule has 4 N–H and O–H groups in total. The molecule has 10 heteroatoms. The molecule has 0 saturated heterocycles. The van der Waals surface area contributed by atoms with Crippen molar-refractivity contribution in [3.05, 3.63) is 98.1 Å². The Morgan fingerprint density at radius 1 is 0.878 bits per heavy atom. The number of benzene rings is 2. The first-order valence-corrected chi connectivity index (χ1v) is 14.6. The van der Waals surface area contributed by atoms with E-state index in [9.17, 15) is 19.5 Å². The maximum Gasteiger partial charge on any atom is 0.281 e. The Kier molecular flexibility index (Phi) is 9.05. The molecule has 212 valence electrons. The molecule has 0 fully saturated rings. The Labute approximate surface area is 247 Å². The van der Waals surface area contributed by atoms with Gasteiger partial charge >= 0.3 is 0 Å². The predicted molar refractivity (Wildman–Crippen MR) is 165 cm³/mol. The van der Waals surface area contributed by atoms with E-state index in [2.05, 4.69) is 54.1 Å². The lowest BCUT2D eigenvalue weighted by molar-refractivity contribution is 0.0948. The topological polar surface area (TPSA) is 120 Å². The van der Waals surface area contributed by atoms with Gasteiger partial charge in [-0.3, -0.25) is 14.4 Å². The normalized spacial score (nSPS) is 11.7. The van der Waals surface area contributed by atoms with E-state index in [4.69, 9.17) is 0 Å². The molecular weight excluding hydrogens is 556 g/mol. The predicted octanol–water partition coefficient (Wildman–Crippen LogP) is 5.92. The van der Waals surface area contributed by atoms with Gasteiger partial charge in [-0.25, -0.2) is 5.43 Å². The first-order chi connectivity index (χ1) is 19.5. The maximum absolute atomic E-state index is 12.7. The van der Waals surface area contributed by atoms with Crippen molar-refractivity contribution < 1.29 is 19.5 Å². The zero-order valence-corrected chi connectivity index (χ0v) is 25.1. The lowest BCUT2D eigenvalue weighted by Gasteiger charge is -2.19.